The van der Waals surface area contributed by atoms with E-state index in [0.29, 0.717) is 11.8 Å². The molecule has 0 unspecified atom stereocenters. The Balaban J connectivity index is 1.77. The SMILES string of the molecule is CC(C)c1ccc2c(SOc3ccc(C#N)nn3)ncn2c1. The first kappa shape index (κ1) is 14.4. The standard InChI is InChI=1S/C15H13N5OS/c1-10(2)11-3-5-13-15(17-9-20(13)8-11)22-21-14-6-4-12(7-16)18-19-14/h3-6,8-10H,1-2H3. The molecule has 0 saturated carbocycles. The van der Waals surface area contributed by atoms with Crippen LogP contribution in [0.25, 0.3) is 5.52 Å². The molecule has 0 aromatic carbocycles. The third-order valence-electron chi connectivity index (χ3n) is 3.15. The zero-order valence-electron chi connectivity index (χ0n) is 12.1. The van der Waals surface area contributed by atoms with Crippen LogP contribution in [0, 0.1) is 11.3 Å². The van der Waals surface area contributed by atoms with Crippen LogP contribution >= 0.6 is 12.0 Å². The van der Waals surface area contributed by atoms with E-state index in [-0.39, 0.29) is 5.69 Å². The number of aromatic nitrogens is 4. The Morgan fingerprint density at radius 2 is 2.09 bits per heavy atom. The average molecular weight is 311 g/mol. The molecule has 0 aliphatic carbocycles. The van der Waals surface area contributed by atoms with Crippen molar-refractivity contribution in [3.63, 3.8) is 0 Å². The van der Waals surface area contributed by atoms with Crippen molar-refractivity contribution >= 4 is 17.6 Å². The van der Waals surface area contributed by atoms with Gasteiger partial charge in [-0.05, 0) is 23.6 Å². The highest BCUT2D eigenvalue weighted by Gasteiger charge is 2.09. The van der Waals surface area contributed by atoms with Gasteiger partial charge in [-0.1, -0.05) is 19.9 Å². The molecule has 3 aromatic heterocycles. The first-order valence-electron chi connectivity index (χ1n) is 6.72. The lowest BCUT2D eigenvalue weighted by Crippen LogP contribution is -1.92. The van der Waals surface area contributed by atoms with Crippen LogP contribution in [0.15, 0.2) is 41.8 Å². The van der Waals surface area contributed by atoms with Gasteiger partial charge in [0, 0.05) is 12.3 Å². The maximum Gasteiger partial charge on any atom is 0.247 e. The Labute approximate surface area is 132 Å². The molecule has 3 aromatic rings. The topological polar surface area (TPSA) is 76.1 Å². The summed E-state index contributed by atoms with van der Waals surface area (Å²) in [6.07, 6.45) is 3.83. The van der Waals surface area contributed by atoms with Gasteiger partial charge in [-0.2, -0.15) is 5.26 Å². The number of imidazole rings is 1. The molecule has 0 aliphatic heterocycles. The van der Waals surface area contributed by atoms with Gasteiger partial charge < -0.3 is 8.58 Å². The summed E-state index contributed by atoms with van der Waals surface area (Å²) in [6.45, 7) is 4.31. The van der Waals surface area contributed by atoms with Crippen molar-refractivity contribution in [2.24, 2.45) is 0 Å². The Bertz CT molecular complexity index is 835. The molecule has 6 nitrogen and oxygen atoms in total. The van der Waals surface area contributed by atoms with E-state index in [1.807, 2.05) is 16.5 Å². The van der Waals surface area contributed by atoms with Gasteiger partial charge in [-0.15, -0.1) is 10.2 Å². The van der Waals surface area contributed by atoms with E-state index in [9.17, 15) is 0 Å². The fourth-order valence-electron chi connectivity index (χ4n) is 1.90. The van der Waals surface area contributed by atoms with Crippen LogP contribution < -0.4 is 4.18 Å². The van der Waals surface area contributed by atoms with Crippen molar-refractivity contribution in [1.82, 2.24) is 19.6 Å². The minimum atomic E-state index is 0.256. The van der Waals surface area contributed by atoms with Gasteiger partial charge in [-0.3, -0.25) is 0 Å². The van der Waals surface area contributed by atoms with E-state index < -0.39 is 0 Å². The Hall–Kier alpha value is -2.59. The van der Waals surface area contributed by atoms with Gasteiger partial charge in [0.2, 0.25) is 5.88 Å². The molecular weight excluding hydrogens is 298 g/mol. The fraction of sp³-hybridized carbons (Fsp3) is 0.200. The molecule has 0 atom stereocenters. The summed E-state index contributed by atoms with van der Waals surface area (Å²) in [5.74, 6) is 0.803. The second-order valence-electron chi connectivity index (χ2n) is 4.99. The molecule has 0 aliphatic rings. The number of nitrogens with zero attached hydrogens (tertiary/aromatic N) is 5. The molecule has 110 valence electrons. The molecule has 0 bridgehead atoms. The third kappa shape index (κ3) is 2.87. The van der Waals surface area contributed by atoms with Crippen LogP contribution in [-0.4, -0.2) is 19.6 Å². The predicted molar refractivity (Wildman–Crippen MR) is 82.5 cm³/mol. The molecule has 22 heavy (non-hydrogen) atoms. The van der Waals surface area contributed by atoms with Crippen LogP contribution in [0.1, 0.15) is 31.0 Å². The van der Waals surface area contributed by atoms with Crippen LogP contribution in [0.5, 0.6) is 5.88 Å². The van der Waals surface area contributed by atoms with Crippen LogP contribution in [0.2, 0.25) is 0 Å². The molecule has 0 amide bonds. The predicted octanol–water partition coefficient (Wildman–Crippen LogP) is 3.21. The van der Waals surface area contributed by atoms with Gasteiger partial charge in [0.25, 0.3) is 0 Å². The zero-order chi connectivity index (χ0) is 15.5. The van der Waals surface area contributed by atoms with Crippen molar-refractivity contribution in [3.8, 4) is 11.9 Å². The molecule has 0 radical (unpaired) electrons. The van der Waals surface area contributed by atoms with E-state index in [0.717, 1.165) is 22.6 Å². The smallest absolute Gasteiger partial charge is 0.247 e. The highest BCUT2D eigenvalue weighted by molar-refractivity contribution is 7.95. The summed E-state index contributed by atoms with van der Waals surface area (Å²) in [5, 5.41) is 17.0. The third-order valence-corrected chi connectivity index (χ3v) is 3.87. The van der Waals surface area contributed by atoms with Crippen LogP contribution in [0.4, 0.5) is 0 Å². The van der Waals surface area contributed by atoms with Gasteiger partial charge in [0.05, 0.1) is 5.52 Å². The van der Waals surface area contributed by atoms with Crippen molar-refractivity contribution in [2.75, 3.05) is 0 Å². The van der Waals surface area contributed by atoms with Crippen molar-refractivity contribution in [3.05, 3.63) is 48.0 Å². The molecule has 0 spiro atoms. The maximum atomic E-state index is 8.68. The summed E-state index contributed by atoms with van der Waals surface area (Å²) in [5.41, 5.74) is 2.47. The van der Waals surface area contributed by atoms with Crippen LogP contribution in [-0.2, 0) is 0 Å². The lowest BCUT2D eigenvalue weighted by atomic mass is 10.1. The number of hydrogen-bond acceptors (Lipinski definition) is 6. The zero-order valence-corrected chi connectivity index (χ0v) is 12.9. The average Bonchev–Trinajstić information content (AvgIpc) is 2.95. The van der Waals surface area contributed by atoms with Crippen LogP contribution in [0.3, 0.4) is 0 Å². The summed E-state index contributed by atoms with van der Waals surface area (Å²) in [4.78, 5) is 4.34. The number of fused-ring (bicyclic) bond motifs is 1. The van der Waals surface area contributed by atoms with Crippen molar-refractivity contribution in [2.45, 2.75) is 24.8 Å². The Kier molecular flexibility index (Phi) is 3.94. The number of rotatable bonds is 4. The van der Waals surface area contributed by atoms with Gasteiger partial charge >= 0.3 is 0 Å². The molecule has 0 fully saturated rings. The quantitative estimate of drug-likeness (QED) is 0.689. The monoisotopic (exact) mass is 311 g/mol. The number of nitriles is 1. The van der Waals surface area contributed by atoms with E-state index in [1.165, 1.54) is 5.56 Å². The molecule has 0 saturated heterocycles. The van der Waals surface area contributed by atoms with E-state index in [1.54, 1.807) is 18.5 Å². The highest BCUT2D eigenvalue weighted by Crippen LogP contribution is 2.26. The van der Waals surface area contributed by atoms with Gasteiger partial charge in [-0.25, -0.2) is 4.98 Å². The van der Waals surface area contributed by atoms with E-state index in [2.05, 4.69) is 41.3 Å². The summed E-state index contributed by atoms with van der Waals surface area (Å²) in [6, 6.07) is 9.19. The van der Waals surface area contributed by atoms with Gasteiger partial charge in [0.1, 0.15) is 24.4 Å². The number of pyridine rings is 1. The van der Waals surface area contributed by atoms with E-state index in [4.69, 9.17) is 9.44 Å². The lowest BCUT2D eigenvalue weighted by Gasteiger charge is -2.06. The minimum absolute atomic E-state index is 0.256. The summed E-state index contributed by atoms with van der Waals surface area (Å²) < 4.78 is 7.47. The Morgan fingerprint density at radius 1 is 1.23 bits per heavy atom. The second-order valence-corrected chi connectivity index (χ2v) is 5.71. The lowest BCUT2D eigenvalue weighted by molar-refractivity contribution is 0.598. The summed E-state index contributed by atoms with van der Waals surface area (Å²) in [7, 11) is 0. The Morgan fingerprint density at radius 3 is 2.77 bits per heavy atom. The van der Waals surface area contributed by atoms with E-state index >= 15 is 0 Å². The largest absolute Gasteiger partial charge is 0.397 e. The first-order chi connectivity index (χ1) is 10.7. The normalized spacial score (nSPS) is 10.8. The molecular formula is C15H13N5OS. The number of hydrogen-bond donors (Lipinski definition) is 0. The maximum absolute atomic E-state index is 8.68. The molecule has 7 heteroatoms. The first-order valence-corrected chi connectivity index (χ1v) is 7.46. The summed E-state index contributed by atoms with van der Waals surface area (Å²) >= 11 is 1.12. The second kappa shape index (κ2) is 6.03. The molecule has 0 N–H and O–H groups in total. The minimum Gasteiger partial charge on any atom is -0.397 e. The van der Waals surface area contributed by atoms with Crippen molar-refractivity contribution in [1.29, 1.82) is 5.26 Å². The fourth-order valence-corrected chi connectivity index (χ4v) is 2.51. The molecule has 3 heterocycles. The molecule has 3 rings (SSSR count). The highest BCUT2D eigenvalue weighted by atomic mass is 32.2. The van der Waals surface area contributed by atoms with Gasteiger partial charge in [0.15, 0.2) is 10.7 Å². The van der Waals surface area contributed by atoms with Crippen molar-refractivity contribution < 1.29 is 4.18 Å².